The van der Waals surface area contributed by atoms with Gasteiger partial charge in [-0.3, -0.25) is 0 Å². The summed E-state index contributed by atoms with van der Waals surface area (Å²) in [6.07, 6.45) is 3.94. The van der Waals surface area contributed by atoms with E-state index in [4.69, 9.17) is 16.3 Å². The Morgan fingerprint density at radius 1 is 1.12 bits per heavy atom. The van der Waals surface area contributed by atoms with Crippen molar-refractivity contribution in [2.45, 2.75) is 19.4 Å². The van der Waals surface area contributed by atoms with Crippen LogP contribution in [0.3, 0.4) is 0 Å². The lowest BCUT2D eigenvalue weighted by molar-refractivity contribution is -0.139. The quantitative estimate of drug-likeness (QED) is 0.754. The molecule has 0 amide bonds. The standard InChI is InChI=1S/C20H18ClNO2/c1-14(8-9-15-10-12-17(21)13-11-15)20(2)19(23)24-18(22-20)16-6-4-3-5-7-16/h3-14H,1-2H3/b9-8+/t14-,20+/m0/s1. The minimum Gasteiger partial charge on any atom is -0.405 e. The van der Waals surface area contributed by atoms with Crippen molar-refractivity contribution in [3.63, 3.8) is 0 Å². The first-order valence-electron chi connectivity index (χ1n) is 7.80. The maximum atomic E-state index is 12.4. The van der Waals surface area contributed by atoms with Gasteiger partial charge in [0, 0.05) is 16.5 Å². The van der Waals surface area contributed by atoms with Crippen LogP contribution in [0.2, 0.25) is 5.02 Å². The van der Waals surface area contributed by atoms with Crippen LogP contribution in [0.4, 0.5) is 0 Å². The van der Waals surface area contributed by atoms with E-state index in [2.05, 4.69) is 4.99 Å². The van der Waals surface area contributed by atoms with E-state index in [1.54, 1.807) is 0 Å². The first-order valence-corrected chi connectivity index (χ1v) is 8.18. The van der Waals surface area contributed by atoms with E-state index in [-0.39, 0.29) is 11.9 Å². The zero-order valence-electron chi connectivity index (χ0n) is 13.6. The molecule has 2 atom stereocenters. The van der Waals surface area contributed by atoms with Crippen LogP contribution < -0.4 is 0 Å². The maximum Gasteiger partial charge on any atom is 0.341 e. The Labute approximate surface area is 146 Å². The van der Waals surface area contributed by atoms with Crippen LogP contribution in [0.15, 0.2) is 65.7 Å². The summed E-state index contributed by atoms with van der Waals surface area (Å²) >= 11 is 5.89. The minimum absolute atomic E-state index is 0.109. The van der Waals surface area contributed by atoms with E-state index in [9.17, 15) is 4.79 Å². The molecule has 0 unspecified atom stereocenters. The molecule has 0 saturated carbocycles. The Balaban J connectivity index is 1.82. The van der Waals surface area contributed by atoms with Gasteiger partial charge in [0.25, 0.3) is 0 Å². The lowest BCUT2D eigenvalue weighted by atomic mass is 9.87. The fraction of sp³-hybridized carbons (Fsp3) is 0.200. The largest absolute Gasteiger partial charge is 0.405 e. The van der Waals surface area contributed by atoms with Gasteiger partial charge in [-0.2, -0.15) is 0 Å². The molecule has 122 valence electrons. The summed E-state index contributed by atoms with van der Waals surface area (Å²) < 4.78 is 5.41. The second-order valence-electron chi connectivity index (χ2n) is 6.02. The Bertz CT molecular complexity index is 796. The Hall–Kier alpha value is -2.39. The molecule has 0 aromatic heterocycles. The molecule has 3 rings (SSSR count). The van der Waals surface area contributed by atoms with Gasteiger partial charge in [0.05, 0.1) is 0 Å². The fourth-order valence-corrected chi connectivity index (χ4v) is 2.61. The van der Waals surface area contributed by atoms with E-state index >= 15 is 0 Å². The third-order valence-electron chi connectivity index (χ3n) is 4.29. The molecule has 1 aliphatic heterocycles. The van der Waals surface area contributed by atoms with Crippen molar-refractivity contribution < 1.29 is 9.53 Å². The van der Waals surface area contributed by atoms with Gasteiger partial charge < -0.3 is 4.74 Å². The molecule has 1 aliphatic rings. The highest BCUT2D eigenvalue weighted by atomic mass is 35.5. The van der Waals surface area contributed by atoms with Crippen molar-refractivity contribution >= 4 is 29.5 Å². The smallest absolute Gasteiger partial charge is 0.341 e. The maximum absolute atomic E-state index is 12.4. The third kappa shape index (κ3) is 3.26. The first-order chi connectivity index (χ1) is 11.5. The number of hydrogen-bond acceptors (Lipinski definition) is 3. The third-order valence-corrected chi connectivity index (χ3v) is 4.54. The lowest BCUT2D eigenvalue weighted by Crippen LogP contribution is -2.36. The summed E-state index contributed by atoms with van der Waals surface area (Å²) in [7, 11) is 0. The molecule has 0 fully saturated rings. The number of hydrogen-bond donors (Lipinski definition) is 0. The zero-order valence-corrected chi connectivity index (χ0v) is 14.3. The molecule has 0 N–H and O–H groups in total. The summed E-state index contributed by atoms with van der Waals surface area (Å²) in [4.78, 5) is 17.0. The van der Waals surface area contributed by atoms with Crippen LogP contribution in [0, 0.1) is 5.92 Å². The fourth-order valence-electron chi connectivity index (χ4n) is 2.48. The lowest BCUT2D eigenvalue weighted by Gasteiger charge is -2.21. The van der Waals surface area contributed by atoms with E-state index in [1.165, 1.54) is 0 Å². The van der Waals surface area contributed by atoms with Gasteiger partial charge in [0.2, 0.25) is 5.90 Å². The first kappa shape index (κ1) is 16.5. The highest BCUT2D eigenvalue weighted by molar-refractivity contribution is 6.30. The molecular weight excluding hydrogens is 322 g/mol. The van der Waals surface area contributed by atoms with E-state index in [0.717, 1.165) is 11.1 Å². The van der Waals surface area contributed by atoms with Crippen LogP contribution in [0.25, 0.3) is 6.08 Å². The number of nitrogens with zero attached hydrogens (tertiary/aromatic N) is 1. The molecule has 2 aromatic carbocycles. The predicted octanol–water partition coefficient (Wildman–Crippen LogP) is 4.75. The SMILES string of the molecule is C[C@@H](/C=C/c1ccc(Cl)cc1)[C@@]1(C)N=C(c2ccccc2)OC1=O. The Morgan fingerprint density at radius 2 is 1.79 bits per heavy atom. The number of benzene rings is 2. The van der Waals surface area contributed by atoms with E-state index < -0.39 is 5.54 Å². The van der Waals surface area contributed by atoms with Gasteiger partial charge in [-0.15, -0.1) is 0 Å². The normalized spacial score (nSPS) is 21.6. The number of aliphatic imine (C=N–C) groups is 1. The number of esters is 1. The number of cyclic esters (lactones) is 1. The summed E-state index contributed by atoms with van der Waals surface area (Å²) in [6, 6.07) is 17.0. The number of rotatable bonds is 4. The molecule has 0 radical (unpaired) electrons. The van der Waals surface area contributed by atoms with Crippen LogP contribution in [-0.2, 0) is 9.53 Å². The summed E-state index contributed by atoms with van der Waals surface area (Å²) in [6.45, 7) is 3.77. The molecule has 3 nitrogen and oxygen atoms in total. The molecular formula is C20H18ClNO2. The Kier molecular flexibility index (Phi) is 4.54. The van der Waals surface area contributed by atoms with Crippen molar-refractivity contribution in [1.29, 1.82) is 0 Å². The monoisotopic (exact) mass is 339 g/mol. The number of halogens is 1. The number of carbonyl (C=O) groups is 1. The molecule has 2 aromatic rings. The van der Waals surface area contributed by atoms with Gasteiger partial charge >= 0.3 is 5.97 Å². The minimum atomic E-state index is -0.923. The van der Waals surface area contributed by atoms with Crippen molar-refractivity contribution in [3.05, 3.63) is 76.8 Å². The average Bonchev–Trinajstić information content (AvgIpc) is 2.91. The van der Waals surface area contributed by atoms with Crippen molar-refractivity contribution in [3.8, 4) is 0 Å². The Morgan fingerprint density at radius 3 is 2.46 bits per heavy atom. The van der Waals surface area contributed by atoms with Crippen molar-refractivity contribution in [1.82, 2.24) is 0 Å². The van der Waals surface area contributed by atoms with Crippen LogP contribution in [0.1, 0.15) is 25.0 Å². The van der Waals surface area contributed by atoms with E-state index in [1.807, 2.05) is 80.6 Å². The van der Waals surface area contributed by atoms with Gasteiger partial charge in [-0.05, 0) is 36.8 Å². The highest BCUT2D eigenvalue weighted by Gasteiger charge is 2.45. The second-order valence-corrected chi connectivity index (χ2v) is 6.46. The van der Waals surface area contributed by atoms with Crippen LogP contribution >= 0.6 is 11.6 Å². The number of carbonyl (C=O) groups excluding carboxylic acids is 1. The van der Waals surface area contributed by atoms with Crippen LogP contribution in [-0.4, -0.2) is 17.4 Å². The molecule has 24 heavy (non-hydrogen) atoms. The summed E-state index contributed by atoms with van der Waals surface area (Å²) in [5.74, 6) is -0.0497. The summed E-state index contributed by atoms with van der Waals surface area (Å²) in [5, 5.41) is 0.698. The van der Waals surface area contributed by atoms with Crippen molar-refractivity contribution in [2.75, 3.05) is 0 Å². The van der Waals surface area contributed by atoms with Gasteiger partial charge in [-0.1, -0.05) is 61.0 Å². The molecule has 4 heteroatoms. The molecule has 0 saturated heterocycles. The highest BCUT2D eigenvalue weighted by Crippen LogP contribution is 2.31. The average molecular weight is 340 g/mol. The van der Waals surface area contributed by atoms with Gasteiger partial charge in [0.1, 0.15) is 0 Å². The predicted molar refractivity (Wildman–Crippen MR) is 97.1 cm³/mol. The van der Waals surface area contributed by atoms with Crippen molar-refractivity contribution in [2.24, 2.45) is 10.9 Å². The van der Waals surface area contributed by atoms with E-state index in [0.29, 0.717) is 10.9 Å². The van der Waals surface area contributed by atoms with Gasteiger partial charge in [-0.25, -0.2) is 9.79 Å². The summed E-state index contributed by atoms with van der Waals surface area (Å²) in [5.41, 5.74) is 0.908. The molecule has 0 bridgehead atoms. The molecule has 1 heterocycles. The van der Waals surface area contributed by atoms with Gasteiger partial charge in [0.15, 0.2) is 5.54 Å². The topological polar surface area (TPSA) is 38.7 Å². The molecule has 0 spiro atoms. The second kappa shape index (κ2) is 6.62. The van der Waals surface area contributed by atoms with Crippen LogP contribution in [0.5, 0.6) is 0 Å². The number of ether oxygens (including phenoxy) is 1. The molecule has 0 aliphatic carbocycles. The zero-order chi connectivity index (χ0) is 17.2.